The number of aliphatic hydroxyl groups is 1. The van der Waals surface area contributed by atoms with Crippen LogP contribution in [0.5, 0.6) is 0 Å². The molecule has 2 aromatic rings. The van der Waals surface area contributed by atoms with E-state index < -0.39 is 6.10 Å². The van der Waals surface area contributed by atoms with Gasteiger partial charge in [-0.05, 0) is 54.8 Å². The Labute approximate surface area is 132 Å². The molecule has 1 atom stereocenters. The third-order valence-corrected chi connectivity index (χ3v) is 5.42. The van der Waals surface area contributed by atoms with E-state index in [0.29, 0.717) is 6.42 Å². The summed E-state index contributed by atoms with van der Waals surface area (Å²) in [5.74, 6) is 0. The summed E-state index contributed by atoms with van der Waals surface area (Å²) in [6, 6.07) is 2.09. The Morgan fingerprint density at radius 3 is 2.60 bits per heavy atom. The first-order valence-corrected chi connectivity index (χ1v) is 8.57. The van der Waals surface area contributed by atoms with Gasteiger partial charge in [0.25, 0.3) is 0 Å². The monoisotopic (exact) mass is 356 g/mol. The second-order valence-electron chi connectivity index (χ2n) is 4.97. The first kappa shape index (κ1) is 15.7. The van der Waals surface area contributed by atoms with Crippen LogP contribution in [0.2, 0.25) is 0 Å². The largest absolute Gasteiger partial charge is 0.388 e. The molecule has 3 nitrogen and oxygen atoms in total. The summed E-state index contributed by atoms with van der Waals surface area (Å²) in [6.45, 7) is 9.14. The molecule has 0 fully saturated rings. The number of hydrogen-bond acceptors (Lipinski definition) is 3. The smallest absolute Gasteiger partial charge is 0.0856 e. The molecule has 2 rings (SSSR count). The summed E-state index contributed by atoms with van der Waals surface area (Å²) in [5.41, 5.74) is 3.19. The minimum atomic E-state index is -0.469. The highest BCUT2D eigenvalue weighted by Gasteiger charge is 2.20. The van der Waals surface area contributed by atoms with Crippen molar-refractivity contribution in [3.05, 3.63) is 37.2 Å². The van der Waals surface area contributed by atoms with Gasteiger partial charge in [0.15, 0.2) is 0 Å². The van der Waals surface area contributed by atoms with Gasteiger partial charge < -0.3 is 5.11 Å². The third-order valence-electron chi connectivity index (χ3n) is 3.52. The molecule has 0 aliphatic rings. The van der Waals surface area contributed by atoms with Crippen LogP contribution in [0.3, 0.4) is 0 Å². The molecule has 0 radical (unpaired) electrons. The Kier molecular flexibility index (Phi) is 5.04. The highest BCUT2D eigenvalue weighted by molar-refractivity contribution is 9.10. The Morgan fingerprint density at radius 2 is 2.10 bits per heavy atom. The molecule has 0 aliphatic carbocycles. The van der Waals surface area contributed by atoms with Gasteiger partial charge in [0.05, 0.1) is 22.0 Å². The number of rotatable bonds is 5. The van der Waals surface area contributed by atoms with Crippen LogP contribution in [-0.2, 0) is 19.4 Å². The van der Waals surface area contributed by atoms with Crippen molar-refractivity contribution in [3.8, 4) is 0 Å². The van der Waals surface area contributed by atoms with E-state index in [1.54, 1.807) is 11.3 Å². The Hall–Kier alpha value is -0.650. The van der Waals surface area contributed by atoms with E-state index in [-0.39, 0.29) is 0 Å². The van der Waals surface area contributed by atoms with Crippen LogP contribution in [0.15, 0.2) is 10.5 Å². The van der Waals surface area contributed by atoms with Crippen molar-refractivity contribution >= 4 is 27.3 Å². The van der Waals surface area contributed by atoms with E-state index in [4.69, 9.17) is 0 Å². The SMILES string of the molecule is CCc1nn(CC)c(CC(O)c2cc(C)sc2C)c1Br. The summed E-state index contributed by atoms with van der Waals surface area (Å²) in [7, 11) is 0. The lowest BCUT2D eigenvalue weighted by atomic mass is 10.1. The quantitative estimate of drug-likeness (QED) is 0.872. The van der Waals surface area contributed by atoms with Crippen molar-refractivity contribution in [3.63, 3.8) is 0 Å². The summed E-state index contributed by atoms with van der Waals surface area (Å²) < 4.78 is 3.03. The second-order valence-corrected chi connectivity index (χ2v) is 7.22. The molecule has 0 saturated carbocycles. The molecule has 2 heterocycles. The first-order chi connectivity index (χ1) is 9.47. The van der Waals surface area contributed by atoms with Crippen LogP contribution in [0.4, 0.5) is 0 Å². The minimum Gasteiger partial charge on any atom is -0.388 e. The van der Waals surface area contributed by atoms with Gasteiger partial charge in [0, 0.05) is 22.7 Å². The maximum atomic E-state index is 10.5. The standard InChI is InChI=1S/C15H21BrN2OS/c1-5-12-15(16)13(18(6-2)17-12)8-14(19)11-7-9(3)20-10(11)4/h7,14,19H,5-6,8H2,1-4H3. The average molecular weight is 357 g/mol. The fourth-order valence-corrected chi connectivity index (χ4v) is 4.19. The van der Waals surface area contributed by atoms with Crippen LogP contribution in [0, 0.1) is 13.8 Å². The topological polar surface area (TPSA) is 38.0 Å². The number of aromatic nitrogens is 2. The number of hydrogen-bond donors (Lipinski definition) is 1. The summed E-state index contributed by atoms with van der Waals surface area (Å²) in [5, 5.41) is 15.1. The van der Waals surface area contributed by atoms with E-state index in [2.05, 4.69) is 54.8 Å². The molecule has 0 bridgehead atoms. The zero-order valence-electron chi connectivity index (χ0n) is 12.4. The normalized spacial score (nSPS) is 12.9. The van der Waals surface area contributed by atoms with Gasteiger partial charge in [0.2, 0.25) is 0 Å². The molecule has 5 heteroatoms. The zero-order valence-corrected chi connectivity index (χ0v) is 14.8. The van der Waals surface area contributed by atoms with E-state index in [1.807, 2.05) is 4.68 Å². The first-order valence-electron chi connectivity index (χ1n) is 6.96. The number of nitrogens with zero attached hydrogens (tertiary/aromatic N) is 2. The zero-order chi connectivity index (χ0) is 14.9. The van der Waals surface area contributed by atoms with Gasteiger partial charge in [-0.2, -0.15) is 5.10 Å². The van der Waals surface area contributed by atoms with Crippen molar-refractivity contribution < 1.29 is 5.11 Å². The molecule has 0 saturated heterocycles. The molecular formula is C15H21BrN2OS. The van der Waals surface area contributed by atoms with Crippen LogP contribution in [0.1, 0.15) is 46.7 Å². The lowest BCUT2D eigenvalue weighted by Gasteiger charge is -2.12. The molecule has 1 unspecified atom stereocenters. The lowest BCUT2D eigenvalue weighted by Crippen LogP contribution is -2.09. The fourth-order valence-electron chi connectivity index (χ4n) is 2.49. The van der Waals surface area contributed by atoms with Crippen LogP contribution in [-0.4, -0.2) is 14.9 Å². The highest BCUT2D eigenvalue weighted by atomic mass is 79.9. The summed E-state index contributed by atoms with van der Waals surface area (Å²) >= 11 is 5.37. The molecule has 0 amide bonds. The Morgan fingerprint density at radius 1 is 1.40 bits per heavy atom. The predicted octanol–water partition coefficient (Wildman–Crippen LogP) is 4.18. The van der Waals surface area contributed by atoms with Gasteiger partial charge in [0.1, 0.15) is 0 Å². The molecule has 0 aromatic carbocycles. The molecular weight excluding hydrogens is 336 g/mol. The Bertz CT molecular complexity index is 603. The second kappa shape index (κ2) is 6.41. The van der Waals surface area contributed by atoms with Crippen molar-refractivity contribution in [2.45, 2.75) is 53.2 Å². The molecule has 110 valence electrons. The lowest BCUT2D eigenvalue weighted by molar-refractivity contribution is 0.175. The van der Waals surface area contributed by atoms with Gasteiger partial charge in [-0.3, -0.25) is 4.68 Å². The van der Waals surface area contributed by atoms with Crippen LogP contribution in [0.25, 0.3) is 0 Å². The van der Waals surface area contributed by atoms with Crippen molar-refractivity contribution in [1.82, 2.24) is 9.78 Å². The minimum absolute atomic E-state index is 0.469. The summed E-state index contributed by atoms with van der Waals surface area (Å²) in [6.07, 6.45) is 1.02. The van der Waals surface area contributed by atoms with Gasteiger partial charge in [-0.1, -0.05) is 6.92 Å². The van der Waals surface area contributed by atoms with Gasteiger partial charge >= 0.3 is 0 Å². The maximum absolute atomic E-state index is 10.5. The third kappa shape index (κ3) is 3.00. The fraction of sp³-hybridized carbons (Fsp3) is 0.533. The maximum Gasteiger partial charge on any atom is 0.0856 e. The number of aryl methyl sites for hydroxylation is 4. The van der Waals surface area contributed by atoms with Crippen molar-refractivity contribution in [2.24, 2.45) is 0 Å². The number of thiophene rings is 1. The van der Waals surface area contributed by atoms with Crippen molar-refractivity contribution in [2.75, 3.05) is 0 Å². The molecule has 1 N–H and O–H groups in total. The summed E-state index contributed by atoms with van der Waals surface area (Å²) in [4.78, 5) is 2.44. The average Bonchev–Trinajstić information content (AvgIpc) is 2.90. The number of aliphatic hydroxyl groups excluding tert-OH is 1. The molecule has 20 heavy (non-hydrogen) atoms. The van der Waals surface area contributed by atoms with E-state index >= 15 is 0 Å². The highest BCUT2D eigenvalue weighted by Crippen LogP contribution is 2.31. The van der Waals surface area contributed by atoms with Gasteiger partial charge in [-0.15, -0.1) is 11.3 Å². The molecule has 0 aliphatic heterocycles. The van der Waals surface area contributed by atoms with Gasteiger partial charge in [-0.25, -0.2) is 0 Å². The predicted molar refractivity (Wildman–Crippen MR) is 87.4 cm³/mol. The molecule has 2 aromatic heterocycles. The van der Waals surface area contributed by atoms with E-state index in [9.17, 15) is 5.11 Å². The van der Waals surface area contributed by atoms with E-state index in [1.165, 1.54) is 9.75 Å². The number of halogens is 1. The van der Waals surface area contributed by atoms with Crippen LogP contribution >= 0.6 is 27.3 Å². The van der Waals surface area contributed by atoms with E-state index in [0.717, 1.165) is 34.4 Å². The van der Waals surface area contributed by atoms with Crippen molar-refractivity contribution in [1.29, 1.82) is 0 Å². The van der Waals surface area contributed by atoms with Crippen LogP contribution < -0.4 is 0 Å². The Balaban J connectivity index is 2.29. The molecule has 0 spiro atoms.